The summed E-state index contributed by atoms with van der Waals surface area (Å²) in [6, 6.07) is 8.85. The van der Waals surface area contributed by atoms with Crippen LogP contribution in [0.5, 0.6) is 0 Å². The summed E-state index contributed by atoms with van der Waals surface area (Å²) in [7, 11) is 0. The molecule has 1 aromatic carbocycles. The van der Waals surface area contributed by atoms with Gasteiger partial charge in [-0.15, -0.1) is 11.8 Å². The lowest BCUT2D eigenvalue weighted by molar-refractivity contribution is -0.136. The van der Waals surface area contributed by atoms with Crippen molar-refractivity contribution in [1.82, 2.24) is 10.5 Å². The predicted molar refractivity (Wildman–Crippen MR) is 100 cm³/mol. The molecule has 0 spiro atoms. The molecule has 2 aromatic rings. The first-order valence-corrected chi connectivity index (χ1v) is 9.56. The fraction of sp³-hybridized carbons (Fsp3) is 0.421. The number of hydrogen-bond acceptors (Lipinski definition) is 5. The van der Waals surface area contributed by atoms with Crippen molar-refractivity contribution in [3.63, 3.8) is 0 Å². The van der Waals surface area contributed by atoms with E-state index in [-0.39, 0.29) is 12.5 Å². The molecule has 1 heterocycles. The Hall–Kier alpha value is -2.28. The summed E-state index contributed by atoms with van der Waals surface area (Å²) in [6.45, 7) is 6.04. The lowest BCUT2D eigenvalue weighted by Gasteiger charge is -2.11. The Morgan fingerprint density at radius 2 is 1.96 bits per heavy atom. The first kappa shape index (κ1) is 20.0. The van der Waals surface area contributed by atoms with Crippen molar-refractivity contribution in [2.24, 2.45) is 0 Å². The van der Waals surface area contributed by atoms with Crippen LogP contribution in [0.25, 0.3) is 0 Å². The maximum atomic E-state index is 12.5. The van der Waals surface area contributed by atoms with E-state index in [0.29, 0.717) is 22.1 Å². The van der Waals surface area contributed by atoms with E-state index >= 15 is 0 Å². The van der Waals surface area contributed by atoms with Gasteiger partial charge in [0.25, 0.3) is 5.91 Å². The number of amides is 1. The van der Waals surface area contributed by atoms with Crippen LogP contribution in [0.2, 0.25) is 0 Å². The monoisotopic (exact) mass is 376 g/mol. The van der Waals surface area contributed by atoms with Crippen molar-refractivity contribution in [3.8, 4) is 0 Å². The second-order valence-corrected chi connectivity index (χ2v) is 7.39. The summed E-state index contributed by atoms with van der Waals surface area (Å²) >= 11 is 1.15. The molecule has 26 heavy (non-hydrogen) atoms. The van der Waals surface area contributed by atoms with E-state index in [1.807, 2.05) is 6.07 Å². The molecule has 2 N–H and O–H groups in total. The highest BCUT2D eigenvalue weighted by molar-refractivity contribution is 8.00. The topological polar surface area (TPSA) is 92.4 Å². The number of nitrogens with zero attached hydrogens (tertiary/aromatic N) is 1. The fourth-order valence-corrected chi connectivity index (χ4v) is 3.50. The third kappa shape index (κ3) is 5.11. The normalized spacial score (nSPS) is 12.2. The number of carboxylic acid groups (broad SMARTS) is 1. The maximum absolute atomic E-state index is 12.5. The zero-order valence-corrected chi connectivity index (χ0v) is 16.0. The van der Waals surface area contributed by atoms with Crippen molar-refractivity contribution in [2.45, 2.75) is 56.2 Å². The minimum atomic E-state index is -0.916. The Morgan fingerprint density at radius 1 is 1.27 bits per heavy atom. The predicted octanol–water partition coefficient (Wildman–Crippen LogP) is 4.07. The number of aromatic nitrogens is 1. The number of thioether (sulfide) groups is 1. The second kappa shape index (κ2) is 9.43. The Labute approximate surface area is 157 Å². The summed E-state index contributed by atoms with van der Waals surface area (Å²) < 4.78 is 5.31. The summed E-state index contributed by atoms with van der Waals surface area (Å²) in [6.07, 6.45) is 1.97. The highest BCUT2D eigenvalue weighted by Crippen LogP contribution is 2.27. The summed E-state index contributed by atoms with van der Waals surface area (Å²) in [5, 5.41) is 15.3. The third-order valence-electron chi connectivity index (χ3n) is 4.19. The number of benzene rings is 1. The SMILES string of the molecule is CCC(CC)c1cc(CNC(=O)c2ccccc2SC(C)C(=O)O)on1. The molecule has 1 aromatic heterocycles. The van der Waals surface area contributed by atoms with Gasteiger partial charge in [0.05, 0.1) is 17.8 Å². The van der Waals surface area contributed by atoms with Crippen LogP contribution in [-0.2, 0) is 11.3 Å². The molecule has 7 heteroatoms. The molecule has 0 bridgehead atoms. The minimum Gasteiger partial charge on any atom is -0.480 e. The fourth-order valence-electron chi connectivity index (χ4n) is 2.57. The first-order valence-electron chi connectivity index (χ1n) is 8.68. The van der Waals surface area contributed by atoms with Gasteiger partial charge in [-0.2, -0.15) is 0 Å². The molecule has 1 amide bonds. The van der Waals surface area contributed by atoms with Crippen LogP contribution < -0.4 is 5.32 Å². The highest BCUT2D eigenvalue weighted by Gasteiger charge is 2.18. The molecular weight excluding hydrogens is 352 g/mol. The quantitative estimate of drug-likeness (QED) is 0.641. The Bertz CT molecular complexity index is 756. The zero-order chi connectivity index (χ0) is 19.1. The van der Waals surface area contributed by atoms with E-state index < -0.39 is 11.2 Å². The van der Waals surface area contributed by atoms with Crippen LogP contribution in [0, 0.1) is 0 Å². The number of carboxylic acids is 1. The van der Waals surface area contributed by atoms with Crippen LogP contribution in [0.4, 0.5) is 0 Å². The Balaban J connectivity index is 2.03. The molecule has 1 atom stereocenters. The van der Waals surface area contributed by atoms with Crippen molar-refractivity contribution in [1.29, 1.82) is 0 Å². The maximum Gasteiger partial charge on any atom is 0.316 e. The van der Waals surface area contributed by atoms with Gasteiger partial charge in [0, 0.05) is 16.9 Å². The molecule has 6 nitrogen and oxygen atoms in total. The van der Waals surface area contributed by atoms with Gasteiger partial charge >= 0.3 is 5.97 Å². The molecule has 0 saturated heterocycles. The second-order valence-electron chi connectivity index (χ2n) is 6.01. The average Bonchev–Trinajstić information content (AvgIpc) is 3.10. The van der Waals surface area contributed by atoms with Crippen molar-refractivity contribution in [2.75, 3.05) is 0 Å². The largest absolute Gasteiger partial charge is 0.480 e. The molecule has 0 saturated carbocycles. The standard InChI is InChI=1S/C19H24N2O4S/c1-4-13(5-2)16-10-14(25-21-16)11-20-18(22)15-8-6-7-9-17(15)26-12(3)19(23)24/h6-10,12-13H,4-5,11H2,1-3H3,(H,20,22)(H,23,24). The Kier molecular flexibility index (Phi) is 7.26. The molecular formula is C19H24N2O4S. The number of rotatable bonds is 9. The lowest BCUT2D eigenvalue weighted by atomic mass is 9.99. The number of carbonyl (C=O) groups is 2. The smallest absolute Gasteiger partial charge is 0.316 e. The molecule has 0 aliphatic heterocycles. The van der Waals surface area contributed by atoms with E-state index in [1.165, 1.54) is 0 Å². The van der Waals surface area contributed by atoms with E-state index in [0.717, 1.165) is 30.3 Å². The number of hydrogen-bond donors (Lipinski definition) is 2. The van der Waals surface area contributed by atoms with E-state index in [4.69, 9.17) is 9.63 Å². The molecule has 0 radical (unpaired) electrons. The third-order valence-corrected chi connectivity index (χ3v) is 5.35. The van der Waals surface area contributed by atoms with Gasteiger partial charge < -0.3 is 14.9 Å². The Morgan fingerprint density at radius 3 is 2.62 bits per heavy atom. The number of nitrogens with one attached hydrogen (secondary N) is 1. The summed E-state index contributed by atoms with van der Waals surface area (Å²) in [5.41, 5.74) is 1.36. The molecule has 0 fully saturated rings. The first-order chi connectivity index (χ1) is 12.5. The molecule has 0 aliphatic rings. The van der Waals surface area contributed by atoms with Crippen molar-refractivity contribution >= 4 is 23.6 Å². The molecule has 1 unspecified atom stereocenters. The number of carbonyl (C=O) groups excluding carboxylic acids is 1. The van der Waals surface area contributed by atoms with Gasteiger partial charge in [0.15, 0.2) is 5.76 Å². The highest BCUT2D eigenvalue weighted by atomic mass is 32.2. The zero-order valence-electron chi connectivity index (χ0n) is 15.2. The van der Waals surface area contributed by atoms with Gasteiger partial charge in [-0.3, -0.25) is 9.59 Å². The van der Waals surface area contributed by atoms with Crippen molar-refractivity contribution in [3.05, 3.63) is 47.3 Å². The number of aliphatic carboxylic acids is 1. The molecule has 2 rings (SSSR count). The summed E-state index contributed by atoms with van der Waals surface area (Å²) in [4.78, 5) is 24.2. The van der Waals surface area contributed by atoms with Gasteiger partial charge in [0.1, 0.15) is 5.25 Å². The van der Waals surface area contributed by atoms with Crippen LogP contribution in [-0.4, -0.2) is 27.4 Å². The van der Waals surface area contributed by atoms with E-state index in [9.17, 15) is 9.59 Å². The van der Waals surface area contributed by atoms with Crippen LogP contribution in [0.1, 0.15) is 61.3 Å². The van der Waals surface area contributed by atoms with Gasteiger partial charge in [-0.1, -0.05) is 31.1 Å². The average molecular weight is 376 g/mol. The van der Waals surface area contributed by atoms with E-state index in [2.05, 4.69) is 24.3 Å². The van der Waals surface area contributed by atoms with Crippen molar-refractivity contribution < 1.29 is 19.2 Å². The van der Waals surface area contributed by atoms with Gasteiger partial charge in [-0.25, -0.2) is 0 Å². The molecule has 140 valence electrons. The van der Waals surface area contributed by atoms with Crippen LogP contribution >= 0.6 is 11.8 Å². The van der Waals surface area contributed by atoms with Crippen LogP contribution in [0.3, 0.4) is 0 Å². The lowest BCUT2D eigenvalue weighted by Crippen LogP contribution is -2.23. The van der Waals surface area contributed by atoms with Gasteiger partial charge in [0.2, 0.25) is 0 Å². The van der Waals surface area contributed by atoms with Crippen LogP contribution in [0.15, 0.2) is 39.8 Å². The summed E-state index contributed by atoms with van der Waals surface area (Å²) in [5.74, 6) is -0.228. The van der Waals surface area contributed by atoms with E-state index in [1.54, 1.807) is 31.2 Å². The minimum absolute atomic E-state index is 0.236. The van der Waals surface area contributed by atoms with Gasteiger partial charge in [-0.05, 0) is 31.9 Å². The molecule has 0 aliphatic carbocycles.